The smallest absolute Gasteiger partial charge is 0.264 e. The van der Waals surface area contributed by atoms with E-state index in [1.165, 1.54) is 29.2 Å². The molecule has 0 radical (unpaired) electrons. The lowest BCUT2D eigenvalue weighted by Crippen LogP contribution is -2.51. The van der Waals surface area contributed by atoms with Crippen LogP contribution >= 0.6 is 11.6 Å². The van der Waals surface area contributed by atoms with Crippen LogP contribution in [0.1, 0.15) is 19.4 Å². The molecule has 0 fully saturated rings. The quantitative estimate of drug-likeness (QED) is 0.442. The zero-order valence-corrected chi connectivity index (χ0v) is 21.2. The van der Waals surface area contributed by atoms with Gasteiger partial charge in [0.1, 0.15) is 12.6 Å². The maximum Gasteiger partial charge on any atom is 0.264 e. The molecule has 3 aromatic rings. The second kappa shape index (κ2) is 11.9. The molecule has 1 atom stereocenters. The van der Waals surface area contributed by atoms with Crippen molar-refractivity contribution >= 4 is 39.1 Å². The number of nitrogens with zero attached hydrogens (tertiary/aromatic N) is 2. The Labute approximate surface area is 211 Å². The van der Waals surface area contributed by atoms with Crippen LogP contribution in [0.3, 0.4) is 0 Å². The van der Waals surface area contributed by atoms with Gasteiger partial charge in [-0.05, 0) is 55.8 Å². The predicted octanol–water partition coefficient (Wildman–Crippen LogP) is 4.09. The summed E-state index contributed by atoms with van der Waals surface area (Å²) in [6, 6.07) is 22.6. The van der Waals surface area contributed by atoms with Gasteiger partial charge in [0, 0.05) is 18.1 Å². The van der Waals surface area contributed by atoms with Gasteiger partial charge in [-0.15, -0.1) is 0 Å². The van der Waals surface area contributed by atoms with Crippen molar-refractivity contribution in [2.45, 2.75) is 31.3 Å². The molecular formula is C26H28ClN3O4S. The predicted molar refractivity (Wildman–Crippen MR) is 138 cm³/mol. The Hall–Kier alpha value is -3.36. The average Bonchev–Trinajstić information content (AvgIpc) is 2.86. The van der Waals surface area contributed by atoms with Gasteiger partial charge in [0.05, 0.1) is 10.6 Å². The topological polar surface area (TPSA) is 86.8 Å². The molecule has 0 saturated carbocycles. The third-order valence-corrected chi connectivity index (χ3v) is 7.48. The minimum Gasteiger partial charge on any atom is -0.355 e. The molecule has 0 saturated heterocycles. The molecule has 0 spiro atoms. The van der Waals surface area contributed by atoms with Crippen LogP contribution in [0, 0.1) is 0 Å². The van der Waals surface area contributed by atoms with Crippen LogP contribution < -0.4 is 9.62 Å². The van der Waals surface area contributed by atoms with E-state index in [2.05, 4.69) is 5.32 Å². The molecule has 0 aromatic heterocycles. The Morgan fingerprint density at radius 2 is 1.49 bits per heavy atom. The van der Waals surface area contributed by atoms with Crippen molar-refractivity contribution in [1.82, 2.24) is 10.2 Å². The van der Waals surface area contributed by atoms with Crippen molar-refractivity contribution in [3.63, 3.8) is 0 Å². The summed E-state index contributed by atoms with van der Waals surface area (Å²) in [6.45, 7) is 3.51. The Morgan fingerprint density at radius 3 is 2.06 bits per heavy atom. The Kier molecular flexibility index (Phi) is 8.89. The van der Waals surface area contributed by atoms with Crippen molar-refractivity contribution in [2.75, 3.05) is 17.4 Å². The number of amides is 2. The first-order chi connectivity index (χ1) is 16.7. The lowest BCUT2D eigenvalue weighted by molar-refractivity contribution is -0.139. The summed E-state index contributed by atoms with van der Waals surface area (Å²) in [5.74, 6) is -0.822. The lowest BCUT2D eigenvalue weighted by atomic mass is 10.1. The van der Waals surface area contributed by atoms with E-state index in [4.69, 9.17) is 11.6 Å². The highest BCUT2D eigenvalue weighted by Gasteiger charge is 2.32. The number of carbonyl (C=O) groups is 2. The summed E-state index contributed by atoms with van der Waals surface area (Å²) in [7, 11) is -4.10. The number of hydrogen-bond acceptors (Lipinski definition) is 4. The molecular weight excluding hydrogens is 486 g/mol. The molecule has 0 bridgehead atoms. The van der Waals surface area contributed by atoms with Crippen molar-refractivity contribution in [3.8, 4) is 0 Å². The van der Waals surface area contributed by atoms with E-state index >= 15 is 0 Å². The number of benzene rings is 3. The number of hydrogen-bond donors (Lipinski definition) is 1. The zero-order valence-electron chi connectivity index (χ0n) is 19.6. The standard InChI is InChI=1S/C26H28ClN3O4S/c1-3-28-26(32)20(2)29(18-21-10-6-4-7-11-21)25(31)19-30(23-12-8-5-9-13-23)35(33,34)24-16-14-22(27)15-17-24/h4-17,20H,3,18-19H2,1-2H3,(H,28,32)/t20-/m0/s1. The van der Waals surface area contributed by atoms with Crippen LogP contribution in [0.5, 0.6) is 0 Å². The maximum atomic E-state index is 13.6. The molecule has 0 unspecified atom stereocenters. The molecule has 0 aliphatic carbocycles. The number of anilines is 1. The van der Waals surface area contributed by atoms with Crippen LogP contribution in [-0.4, -0.2) is 44.3 Å². The summed E-state index contributed by atoms with van der Waals surface area (Å²) in [4.78, 5) is 27.7. The second-order valence-electron chi connectivity index (χ2n) is 7.88. The van der Waals surface area contributed by atoms with Crippen LogP contribution in [0.2, 0.25) is 5.02 Å². The summed E-state index contributed by atoms with van der Waals surface area (Å²) in [6.07, 6.45) is 0. The number of rotatable bonds is 10. The van der Waals surface area contributed by atoms with Gasteiger partial charge in [-0.2, -0.15) is 0 Å². The molecule has 0 aliphatic heterocycles. The fourth-order valence-electron chi connectivity index (χ4n) is 3.54. The molecule has 3 rings (SSSR count). The third-order valence-electron chi connectivity index (χ3n) is 5.44. The molecule has 184 valence electrons. The van der Waals surface area contributed by atoms with Crippen molar-refractivity contribution < 1.29 is 18.0 Å². The van der Waals surface area contributed by atoms with Crippen LogP contribution in [0.15, 0.2) is 89.8 Å². The fraction of sp³-hybridized carbons (Fsp3) is 0.231. The number of sulfonamides is 1. The van der Waals surface area contributed by atoms with Crippen LogP contribution in [0.4, 0.5) is 5.69 Å². The van der Waals surface area contributed by atoms with Gasteiger partial charge in [0.15, 0.2) is 0 Å². The zero-order chi connectivity index (χ0) is 25.4. The van der Waals surface area contributed by atoms with E-state index in [1.54, 1.807) is 44.2 Å². The molecule has 0 heterocycles. The highest BCUT2D eigenvalue weighted by atomic mass is 35.5. The van der Waals surface area contributed by atoms with Gasteiger partial charge in [0.2, 0.25) is 11.8 Å². The second-order valence-corrected chi connectivity index (χ2v) is 10.2. The molecule has 1 N–H and O–H groups in total. The molecule has 3 aromatic carbocycles. The molecule has 2 amide bonds. The normalized spacial score (nSPS) is 12.0. The first kappa shape index (κ1) is 26.2. The molecule has 0 aliphatic rings. The average molecular weight is 514 g/mol. The lowest BCUT2D eigenvalue weighted by Gasteiger charge is -2.32. The fourth-order valence-corrected chi connectivity index (χ4v) is 5.08. The summed E-state index contributed by atoms with van der Waals surface area (Å²) in [5, 5.41) is 3.13. The summed E-state index contributed by atoms with van der Waals surface area (Å²) >= 11 is 5.94. The SMILES string of the molecule is CCNC(=O)[C@H](C)N(Cc1ccccc1)C(=O)CN(c1ccccc1)S(=O)(=O)c1ccc(Cl)cc1. The van der Waals surface area contributed by atoms with Gasteiger partial charge in [-0.1, -0.05) is 60.1 Å². The number of likely N-dealkylation sites (N-methyl/N-ethyl adjacent to an activating group) is 1. The molecule has 7 nitrogen and oxygen atoms in total. The van der Waals surface area contributed by atoms with E-state index in [0.717, 1.165) is 9.87 Å². The van der Waals surface area contributed by atoms with Crippen molar-refractivity contribution in [1.29, 1.82) is 0 Å². The third kappa shape index (κ3) is 6.61. The number of nitrogens with one attached hydrogen (secondary N) is 1. The maximum absolute atomic E-state index is 13.6. The highest BCUT2D eigenvalue weighted by Crippen LogP contribution is 2.25. The summed E-state index contributed by atoms with van der Waals surface area (Å²) < 4.78 is 28.3. The van der Waals surface area contributed by atoms with E-state index in [1.807, 2.05) is 30.3 Å². The number of carbonyl (C=O) groups excluding carboxylic acids is 2. The largest absolute Gasteiger partial charge is 0.355 e. The van der Waals surface area contributed by atoms with Crippen LogP contribution in [-0.2, 0) is 26.2 Å². The Balaban J connectivity index is 1.99. The minimum atomic E-state index is -4.10. The van der Waals surface area contributed by atoms with E-state index in [0.29, 0.717) is 17.3 Å². The Bertz CT molecular complexity index is 1240. The minimum absolute atomic E-state index is 0.00457. The Morgan fingerprint density at radius 1 is 0.914 bits per heavy atom. The van der Waals surface area contributed by atoms with Gasteiger partial charge < -0.3 is 10.2 Å². The van der Waals surface area contributed by atoms with Gasteiger partial charge >= 0.3 is 0 Å². The monoisotopic (exact) mass is 513 g/mol. The van der Waals surface area contributed by atoms with E-state index in [9.17, 15) is 18.0 Å². The van der Waals surface area contributed by atoms with Gasteiger partial charge in [0.25, 0.3) is 10.0 Å². The number of halogens is 1. The van der Waals surface area contributed by atoms with Gasteiger partial charge in [-0.25, -0.2) is 8.42 Å². The van der Waals surface area contributed by atoms with E-state index < -0.39 is 28.5 Å². The molecule has 9 heteroatoms. The first-order valence-corrected chi connectivity index (χ1v) is 13.0. The van der Waals surface area contributed by atoms with Crippen LogP contribution in [0.25, 0.3) is 0 Å². The van der Waals surface area contributed by atoms with E-state index in [-0.39, 0.29) is 17.3 Å². The van der Waals surface area contributed by atoms with Crippen molar-refractivity contribution in [2.24, 2.45) is 0 Å². The summed E-state index contributed by atoms with van der Waals surface area (Å²) in [5.41, 5.74) is 1.16. The molecule has 35 heavy (non-hydrogen) atoms. The van der Waals surface area contributed by atoms with Gasteiger partial charge in [-0.3, -0.25) is 13.9 Å². The highest BCUT2D eigenvalue weighted by molar-refractivity contribution is 7.92. The number of para-hydroxylation sites is 1. The first-order valence-electron chi connectivity index (χ1n) is 11.2. The van der Waals surface area contributed by atoms with Crippen molar-refractivity contribution in [3.05, 3.63) is 95.5 Å².